The van der Waals surface area contributed by atoms with Gasteiger partial charge in [0.2, 0.25) is 17.8 Å². The summed E-state index contributed by atoms with van der Waals surface area (Å²) >= 11 is 1.77. The maximum absolute atomic E-state index is 5.64. The molecule has 0 aliphatic rings. The van der Waals surface area contributed by atoms with E-state index in [-0.39, 0.29) is 5.95 Å². The average molecular weight is 264 g/mol. The Morgan fingerprint density at radius 2 is 2.11 bits per heavy atom. The number of hydrogen-bond donors (Lipinski definition) is 2. The number of rotatable bonds is 4. The first kappa shape index (κ1) is 12.6. The zero-order valence-corrected chi connectivity index (χ0v) is 11.5. The minimum Gasteiger partial charge on any atom is -0.368 e. The molecule has 0 spiro atoms. The Morgan fingerprint density at radius 1 is 1.33 bits per heavy atom. The summed E-state index contributed by atoms with van der Waals surface area (Å²) in [6.45, 7) is 2.85. The molecule has 0 bridgehead atoms. The van der Waals surface area contributed by atoms with Gasteiger partial charge in [-0.05, 0) is 19.1 Å². The summed E-state index contributed by atoms with van der Waals surface area (Å²) in [5.41, 5.74) is 5.64. The lowest BCUT2D eigenvalue weighted by Gasteiger charge is -2.16. The molecule has 6 nitrogen and oxygen atoms in total. The molecule has 18 heavy (non-hydrogen) atoms. The summed E-state index contributed by atoms with van der Waals surface area (Å²) < 4.78 is 0. The van der Waals surface area contributed by atoms with Gasteiger partial charge in [0.25, 0.3) is 0 Å². The number of nitrogens with zero attached hydrogens (tertiary/aromatic N) is 4. The van der Waals surface area contributed by atoms with Gasteiger partial charge >= 0.3 is 0 Å². The lowest BCUT2D eigenvalue weighted by atomic mass is 10.4. The largest absolute Gasteiger partial charge is 0.368 e. The number of hydrogen-bond acceptors (Lipinski definition) is 7. The van der Waals surface area contributed by atoms with Crippen LogP contribution in [0.5, 0.6) is 0 Å². The summed E-state index contributed by atoms with van der Waals surface area (Å²) in [5, 5.41) is 2.86. The molecule has 96 valence electrons. The molecule has 0 atom stereocenters. The molecule has 2 aromatic rings. The molecule has 0 saturated carbocycles. The molecule has 2 rings (SSSR count). The van der Waals surface area contributed by atoms with Crippen molar-refractivity contribution in [3.8, 4) is 0 Å². The Kier molecular flexibility index (Phi) is 3.61. The Morgan fingerprint density at radius 3 is 2.72 bits per heavy atom. The van der Waals surface area contributed by atoms with Gasteiger partial charge in [0.05, 0.1) is 6.54 Å². The SMILES string of the molecule is CNc1nc(N)nc(N(C)Cc2ccc(C)s2)n1. The van der Waals surface area contributed by atoms with Crippen LogP contribution in [-0.4, -0.2) is 29.0 Å². The van der Waals surface area contributed by atoms with E-state index in [1.165, 1.54) is 9.75 Å². The van der Waals surface area contributed by atoms with Gasteiger partial charge in [-0.25, -0.2) is 0 Å². The number of nitrogens with one attached hydrogen (secondary N) is 1. The Labute approximate surface area is 110 Å². The highest BCUT2D eigenvalue weighted by atomic mass is 32.1. The fourth-order valence-electron chi connectivity index (χ4n) is 1.54. The molecule has 0 unspecified atom stereocenters. The van der Waals surface area contributed by atoms with Crippen LogP contribution in [0.1, 0.15) is 9.75 Å². The second-order valence-corrected chi connectivity index (χ2v) is 5.31. The topological polar surface area (TPSA) is 80.0 Å². The number of thiophene rings is 1. The molecule has 2 heterocycles. The minimum absolute atomic E-state index is 0.221. The lowest BCUT2D eigenvalue weighted by Crippen LogP contribution is -2.20. The average Bonchev–Trinajstić information content (AvgIpc) is 2.73. The molecule has 7 heteroatoms. The number of aryl methyl sites for hydroxylation is 1. The van der Waals surface area contributed by atoms with E-state index in [9.17, 15) is 0 Å². The van der Waals surface area contributed by atoms with Crippen molar-refractivity contribution in [1.29, 1.82) is 0 Å². The molecular weight excluding hydrogens is 248 g/mol. The van der Waals surface area contributed by atoms with E-state index in [0.29, 0.717) is 11.9 Å². The number of anilines is 3. The third-order valence-corrected chi connectivity index (χ3v) is 3.38. The van der Waals surface area contributed by atoms with Crippen LogP contribution < -0.4 is 16.0 Å². The van der Waals surface area contributed by atoms with Gasteiger partial charge in [0.1, 0.15) is 0 Å². The van der Waals surface area contributed by atoms with Crippen molar-refractivity contribution in [1.82, 2.24) is 15.0 Å². The molecule has 2 aromatic heterocycles. The van der Waals surface area contributed by atoms with Crippen LogP contribution in [0.25, 0.3) is 0 Å². The smallest absolute Gasteiger partial charge is 0.232 e. The van der Waals surface area contributed by atoms with Crippen molar-refractivity contribution in [2.75, 3.05) is 30.0 Å². The third kappa shape index (κ3) is 2.86. The van der Waals surface area contributed by atoms with Crippen LogP contribution in [0.15, 0.2) is 12.1 Å². The summed E-state index contributed by atoms with van der Waals surface area (Å²) in [4.78, 5) is 16.9. The maximum Gasteiger partial charge on any atom is 0.232 e. The van der Waals surface area contributed by atoms with E-state index < -0.39 is 0 Å². The first-order chi connectivity index (χ1) is 8.58. The van der Waals surface area contributed by atoms with E-state index >= 15 is 0 Å². The highest BCUT2D eigenvalue weighted by Gasteiger charge is 2.09. The summed E-state index contributed by atoms with van der Waals surface area (Å²) in [6.07, 6.45) is 0. The van der Waals surface area contributed by atoms with Crippen molar-refractivity contribution < 1.29 is 0 Å². The van der Waals surface area contributed by atoms with Crippen molar-refractivity contribution in [2.45, 2.75) is 13.5 Å². The molecule has 0 aliphatic carbocycles. The van der Waals surface area contributed by atoms with Crippen molar-refractivity contribution in [3.63, 3.8) is 0 Å². The minimum atomic E-state index is 0.221. The highest BCUT2D eigenvalue weighted by molar-refractivity contribution is 7.11. The van der Waals surface area contributed by atoms with Crippen molar-refractivity contribution in [3.05, 3.63) is 21.9 Å². The van der Waals surface area contributed by atoms with Gasteiger partial charge in [0, 0.05) is 23.8 Å². The van der Waals surface area contributed by atoms with Gasteiger partial charge in [-0.1, -0.05) is 0 Å². The molecule has 0 aromatic carbocycles. The monoisotopic (exact) mass is 264 g/mol. The van der Waals surface area contributed by atoms with Crippen molar-refractivity contribution in [2.24, 2.45) is 0 Å². The molecular formula is C11H16N6S. The van der Waals surface area contributed by atoms with Crippen molar-refractivity contribution >= 4 is 29.2 Å². The van der Waals surface area contributed by atoms with Crippen LogP contribution in [0.4, 0.5) is 17.8 Å². The number of nitrogen functional groups attached to an aromatic ring is 1. The maximum atomic E-state index is 5.64. The molecule has 0 amide bonds. The van der Waals surface area contributed by atoms with Crippen LogP contribution in [0.2, 0.25) is 0 Å². The third-order valence-electron chi connectivity index (χ3n) is 2.39. The molecule has 0 aliphatic heterocycles. The quantitative estimate of drug-likeness (QED) is 0.871. The Bertz CT molecular complexity index is 538. The summed E-state index contributed by atoms with van der Waals surface area (Å²) in [7, 11) is 3.68. The number of nitrogens with two attached hydrogens (primary N) is 1. The zero-order valence-electron chi connectivity index (χ0n) is 10.6. The summed E-state index contributed by atoms with van der Waals surface area (Å²) in [5.74, 6) is 1.27. The molecule has 0 fully saturated rings. The van der Waals surface area contributed by atoms with Gasteiger partial charge in [-0.3, -0.25) is 0 Å². The number of aromatic nitrogens is 3. The van der Waals surface area contributed by atoms with E-state index in [4.69, 9.17) is 5.73 Å². The van der Waals surface area contributed by atoms with E-state index in [2.05, 4.69) is 39.3 Å². The first-order valence-corrected chi connectivity index (χ1v) is 6.36. The predicted octanol–water partition coefficient (Wildman–Crippen LogP) is 1.50. The molecule has 0 radical (unpaired) electrons. The Hall–Kier alpha value is -1.89. The van der Waals surface area contributed by atoms with Gasteiger partial charge in [0.15, 0.2) is 0 Å². The van der Waals surface area contributed by atoms with E-state index in [1.807, 2.05) is 11.9 Å². The van der Waals surface area contributed by atoms with E-state index in [1.54, 1.807) is 18.4 Å². The lowest BCUT2D eigenvalue weighted by molar-refractivity contribution is 0.868. The zero-order chi connectivity index (χ0) is 13.1. The van der Waals surface area contributed by atoms with E-state index in [0.717, 1.165) is 6.54 Å². The standard InChI is InChI=1S/C11H16N6S/c1-7-4-5-8(18-7)6-17(3)11-15-9(12)14-10(13-2)16-11/h4-5H,6H2,1-3H3,(H3,12,13,14,15,16). The van der Waals surface area contributed by atoms with Crippen LogP contribution in [-0.2, 0) is 6.54 Å². The predicted molar refractivity (Wildman–Crippen MR) is 74.9 cm³/mol. The fourth-order valence-corrected chi connectivity index (χ4v) is 2.48. The molecule has 0 saturated heterocycles. The van der Waals surface area contributed by atoms with Gasteiger partial charge in [-0.2, -0.15) is 15.0 Å². The Balaban J connectivity index is 2.17. The fraction of sp³-hybridized carbons (Fsp3) is 0.364. The second kappa shape index (κ2) is 5.18. The van der Waals surface area contributed by atoms with Gasteiger partial charge < -0.3 is 16.0 Å². The van der Waals surface area contributed by atoms with Crippen LogP contribution >= 0.6 is 11.3 Å². The highest BCUT2D eigenvalue weighted by Crippen LogP contribution is 2.19. The van der Waals surface area contributed by atoms with Crippen LogP contribution in [0.3, 0.4) is 0 Å². The summed E-state index contributed by atoms with van der Waals surface area (Å²) in [6, 6.07) is 4.22. The van der Waals surface area contributed by atoms with Crippen LogP contribution in [0, 0.1) is 6.92 Å². The first-order valence-electron chi connectivity index (χ1n) is 5.54. The molecule has 3 N–H and O–H groups in total. The van der Waals surface area contributed by atoms with Gasteiger partial charge in [-0.15, -0.1) is 11.3 Å². The second-order valence-electron chi connectivity index (χ2n) is 3.94. The normalized spacial score (nSPS) is 10.4.